The van der Waals surface area contributed by atoms with Gasteiger partial charge in [-0.05, 0) is 30.3 Å². The van der Waals surface area contributed by atoms with Crippen LogP contribution < -0.4 is 5.32 Å². The Bertz CT molecular complexity index is 1010. The van der Waals surface area contributed by atoms with Crippen molar-refractivity contribution in [2.45, 2.75) is 4.90 Å². The van der Waals surface area contributed by atoms with Crippen molar-refractivity contribution >= 4 is 32.8 Å². The van der Waals surface area contributed by atoms with E-state index in [-0.39, 0.29) is 35.8 Å². The van der Waals surface area contributed by atoms with Crippen LogP contribution in [0.5, 0.6) is 0 Å². The van der Waals surface area contributed by atoms with Crippen molar-refractivity contribution in [3.05, 3.63) is 59.4 Å². The first-order chi connectivity index (χ1) is 13.2. The maximum absolute atomic E-state index is 14.2. The van der Waals surface area contributed by atoms with Crippen LogP contribution in [0.1, 0.15) is 10.4 Å². The monoisotopic (exact) mass is 432 g/mol. The van der Waals surface area contributed by atoms with Gasteiger partial charge in [-0.25, -0.2) is 21.6 Å². The predicted molar refractivity (Wildman–Crippen MR) is 97.3 cm³/mol. The van der Waals surface area contributed by atoms with Crippen LogP contribution in [0.2, 0.25) is 0 Å². The molecule has 3 rings (SSSR count). The van der Waals surface area contributed by atoms with Crippen LogP contribution in [-0.4, -0.2) is 47.8 Å². The van der Waals surface area contributed by atoms with Crippen LogP contribution in [0.3, 0.4) is 0 Å². The molecule has 11 heteroatoms. The maximum atomic E-state index is 14.2. The summed E-state index contributed by atoms with van der Waals surface area (Å²) in [5.74, 6) is -3.80. The second kappa shape index (κ2) is 8.11. The molecule has 2 aromatic rings. The van der Waals surface area contributed by atoms with Crippen LogP contribution in [0, 0.1) is 17.5 Å². The molecule has 2 aromatic carbocycles. The number of nitrogens with zero attached hydrogens (tertiary/aromatic N) is 1. The average Bonchev–Trinajstić information content (AvgIpc) is 2.65. The minimum absolute atomic E-state index is 0.0142. The van der Waals surface area contributed by atoms with Gasteiger partial charge in [0.25, 0.3) is 5.91 Å². The molecular weight excluding hydrogens is 417 g/mol. The number of halogens is 3. The van der Waals surface area contributed by atoms with Crippen molar-refractivity contribution < 1.29 is 30.9 Å². The molecular formula is C17H15F3N2O4S2. The van der Waals surface area contributed by atoms with E-state index < -0.39 is 49.5 Å². The fourth-order valence-electron chi connectivity index (χ4n) is 2.62. The second-order valence-corrected chi connectivity index (χ2v) is 9.58. The molecule has 1 aliphatic rings. The number of nitrogens with one attached hydrogen (secondary N) is 1. The lowest BCUT2D eigenvalue weighted by molar-refractivity contribution is 0.102. The van der Waals surface area contributed by atoms with Gasteiger partial charge in [-0.3, -0.25) is 4.79 Å². The van der Waals surface area contributed by atoms with Crippen LogP contribution in [0.25, 0.3) is 0 Å². The van der Waals surface area contributed by atoms with E-state index in [1.54, 1.807) is 0 Å². The van der Waals surface area contributed by atoms with Crippen molar-refractivity contribution in [3.63, 3.8) is 0 Å². The van der Waals surface area contributed by atoms with E-state index in [1.165, 1.54) is 0 Å². The van der Waals surface area contributed by atoms with Gasteiger partial charge >= 0.3 is 0 Å². The third kappa shape index (κ3) is 4.32. The van der Waals surface area contributed by atoms with Gasteiger partial charge in [-0.1, -0.05) is 11.2 Å². The molecule has 0 radical (unpaired) electrons. The van der Waals surface area contributed by atoms with Crippen molar-refractivity contribution in [2.75, 3.05) is 29.9 Å². The Morgan fingerprint density at radius 1 is 1.00 bits per heavy atom. The summed E-state index contributed by atoms with van der Waals surface area (Å²) in [6, 6.07) is 5.52. The predicted octanol–water partition coefficient (Wildman–Crippen LogP) is 2.11. The van der Waals surface area contributed by atoms with Crippen LogP contribution in [0.15, 0.2) is 41.3 Å². The molecule has 0 bridgehead atoms. The summed E-state index contributed by atoms with van der Waals surface area (Å²) in [5, 5.41) is 2.29. The van der Waals surface area contributed by atoms with Crippen molar-refractivity contribution in [1.82, 2.24) is 4.31 Å². The maximum Gasteiger partial charge on any atom is 0.255 e. The third-order valence-corrected chi connectivity index (χ3v) is 7.31. The molecule has 0 unspecified atom stereocenters. The zero-order valence-corrected chi connectivity index (χ0v) is 16.0. The molecule has 1 fully saturated rings. The molecule has 0 spiro atoms. The summed E-state index contributed by atoms with van der Waals surface area (Å²) in [4.78, 5) is 11.6. The number of benzene rings is 2. The highest BCUT2D eigenvalue weighted by atomic mass is 32.2. The fraction of sp³-hybridized carbons (Fsp3) is 0.235. The van der Waals surface area contributed by atoms with Gasteiger partial charge in [0.15, 0.2) is 11.6 Å². The summed E-state index contributed by atoms with van der Waals surface area (Å²) < 4.78 is 78.2. The lowest BCUT2D eigenvalue weighted by Crippen LogP contribution is -2.43. The van der Waals surface area contributed by atoms with Gasteiger partial charge in [0.2, 0.25) is 10.0 Å². The molecule has 0 aliphatic carbocycles. The summed E-state index contributed by atoms with van der Waals surface area (Å²) in [6.07, 6.45) is 0. The topological polar surface area (TPSA) is 89.5 Å². The minimum atomic E-state index is -4.22. The normalized spacial score (nSPS) is 16.1. The molecule has 6 nitrogen and oxygen atoms in total. The van der Waals surface area contributed by atoms with Crippen LogP contribution in [-0.2, 0) is 21.2 Å². The van der Waals surface area contributed by atoms with Crippen molar-refractivity contribution in [1.29, 1.82) is 0 Å². The number of sulfonamides is 1. The van der Waals surface area contributed by atoms with Gasteiger partial charge in [0.05, 0.1) is 13.1 Å². The first kappa shape index (κ1) is 20.6. The number of anilines is 1. The quantitative estimate of drug-likeness (QED) is 0.750. The Morgan fingerprint density at radius 3 is 2.29 bits per heavy atom. The van der Waals surface area contributed by atoms with Gasteiger partial charge in [0.1, 0.15) is 22.2 Å². The number of carbonyl (C=O) groups excluding carboxylic acids is 1. The van der Waals surface area contributed by atoms with Crippen molar-refractivity contribution in [3.8, 4) is 0 Å². The number of rotatable bonds is 4. The van der Waals surface area contributed by atoms with Gasteiger partial charge in [-0.2, -0.15) is 4.31 Å². The highest BCUT2D eigenvalue weighted by Crippen LogP contribution is 2.23. The first-order valence-corrected chi connectivity index (χ1v) is 11.0. The van der Waals surface area contributed by atoms with Gasteiger partial charge in [-0.15, -0.1) is 0 Å². The smallest absolute Gasteiger partial charge is 0.255 e. The van der Waals surface area contributed by atoms with Crippen LogP contribution in [0.4, 0.5) is 18.9 Å². The Kier molecular flexibility index (Phi) is 5.98. The number of amides is 1. The second-order valence-electron chi connectivity index (χ2n) is 5.98. The highest BCUT2D eigenvalue weighted by molar-refractivity contribution is 7.92. The van der Waals surface area contributed by atoms with Crippen molar-refractivity contribution in [2.24, 2.45) is 0 Å². The van der Waals surface area contributed by atoms with Gasteiger partial charge in [0, 0.05) is 17.3 Å². The minimum Gasteiger partial charge on any atom is -0.616 e. The van der Waals surface area contributed by atoms with E-state index in [0.717, 1.165) is 40.7 Å². The zero-order chi connectivity index (χ0) is 20.5. The average molecular weight is 432 g/mol. The zero-order valence-electron chi connectivity index (χ0n) is 14.3. The van der Waals surface area contributed by atoms with E-state index in [2.05, 4.69) is 5.32 Å². The molecule has 0 aromatic heterocycles. The van der Waals surface area contributed by atoms with E-state index in [9.17, 15) is 30.9 Å². The lowest BCUT2D eigenvalue weighted by Gasteiger charge is -2.27. The molecule has 150 valence electrons. The molecule has 1 amide bonds. The Morgan fingerprint density at radius 2 is 1.64 bits per heavy atom. The number of hydrogen-bond donors (Lipinski definition) is 1. The molecule has 1 aliphatic heterocycles. The molecule has 1 heterocycles. The summed E-state index contributed by atoms with van der Waals surface area (Å²) >= 11 is -1.12. The van der Waals surface area contributed by atoms with E-state index >= 15 is 0 Å². The number of carbonyl (C=O) groups is 1. The van der Waals surface area contributed by atoms with E-state index in [1.807, 2.05) is 0 Å². The van der Waals surface area contributed by atoms with Crippen LogP contribution >= 0.6 is 0 Å². The first-order valence-electron chi connectivity index (χ1n) is 8.09. The summed E-state index contributed by atoms with van der Waals surface area (Å²) in [5.41, 5.74) is -0.221. The lowest BCUT2D eigenvalue weighted by atomic mass is 10.2. The Hall–Kier alpha value is -2.08. The Labute approximate surface area is 162 Å². The molecule has 0 saturated carbocycles. The molecule has 0 atom stereocenters. The molecule has 1 saturated heterocycles. The summed E-state index contributed by atoms with van der Waals surface area (Å²) in [6.45, 7) is -0.0284. The van der Waals surface area contributed by atoms with Gasteiger partial charge < -0.3 is 9.87 Å². The fourth-order valence-corrected chi connectivity index (χ4v) is 5.44. The Balaban J connectivity index is 1.86. The van der Waals surface area contributed by atoms with E-state index in [4.69, 9.17) is 0 Å². The number of hydrogen-bond acceptors (Lipinski definition) is 4. The summed E-state index contributed by atoms with van der Waals surface area (Å²) in [7, 11) is -4.22. The third-order valence-electron chi connectivity index (χ3n) is 4.13. The SMILES string of the molecule is O=C(Nc1ccc(F)c(F)c1)c1ccc(F)c(S(=O)(=O)N2CC[S+]([O-])CC2)c1. The standard InChI is InChI=1S/C17H15F3N2O4S2/c18-13-4-2-12(10-15(13)20)21-17(23)11-1-3-14(19)16(9-11)28(25,26)22-5-7-27(24)8-6-22/h1-4,9-10H,5-8H2,(H,21,23). The highest BCUT2D eigenvalue weighted by Gasteiger charge is 2.33. The largest absolute Gasteiger partial charge is 0.616 e. The van der Waals surface area contributed by atoms with E-state index in [0.29, 0.717) is 0 Å². The molecule has 28 heavy (non-hydrogen) atoms. The molecule has 1 N–H and O–H groups in total.